The second-order valence-electron chi connectivity index (χ2n) is 5.02. The minimum absolute atomic E-state index is 0.184. The molecule has 0 aliphatic rings. The molecule has 0 aromatic carbocycles. The zero-order valence-corrected chi connectivity index (χ0v) is 12.4. The summed E-state index contributed by atoms with van der Waals surface area (Å²) < 4.78 is 5.49. The van der Waals surface area contributed by atoms with E-state index in [4.69, 9.17) is 9.84 Å². The molecule has 0 bridgehead atoms. The molecule has 0 aromatic heterocycles. The van der Waals surface area contributed by atoms with E-state index in [1.807, 2.05) is 0 Å². The Morgan fingerprint density at radius 2 is 1.56 bits per heavy atom. The maximum atomic E-state index is 8.97. The van der Waals surface area contributed by atoms with Crippen molar-refractivity contribution in [3.63, 3.8) is 0 Å². The summed E-state index contributed by atoms with van der Waals surface area (Å²) in [4.78, 5) is 0. The summed E-state index contributed by atoms with van der Waals surface area (Å²) in [5, 5.41) is 12.1. The predicted octanol–water partition coefficient (Wildman–Crippen LogP) is 3.46. The fourth-order valence-electron chi connectivity index (χ4n) is 1.92. The van der Waals surface area contributed by atoms with Crippen molar-refractivity contribution in [2.24, 2.45) is 0 Å². The normalized spacial score (nSPS) is 12.8. The van der Waals surface area contributed by atoms with Gasteiger partial charge in [-0.3, -0.25) is 5.32 Å². The van der Waals surface area contributed by atoms with E-state index < -0.39 is 0 Å². The lowest BCUT2D eigenvalue weighted by atomic mass is 10.1. The van der Waals surface area contributed by atoms with Crippen LogP contribution in [0.5, 0.6) is 0 Å². The molecule has 0 aliphatic heterocycles. The Hall–Kier alpha value is -0.120. The van der Waals surface area contributed by atoms with Crippen molar-refractivity contribution in [1.29, 1.82) is 0 Å². The first kappa shape index (κ1) is 17.9. The van der Waals surface area contributed by atoms with Crippen LogP contribution >= 0.6 is 0 Å². The lowest BCUT2D eigenvalue weighted by Gasteiger charge is -2.13. The van der Waals surface area contributed by atoms with Gasteiger partial charge in [-0.25, -0.2) is 0 Å². The number of rotatable bonds is 14. The largest absolute Gasteiger partial charge is 0.395 e. The molecule has 3 nitrogen and oxygen atoms in total. The van der Waals surface area contributed by atoms with E-state index in [-0.39, 0.29) is 12.6 Å². The average molecular weight is 259 g/mol. The summed E-state index contributed by atoms with van der Waals surface area (Å²) in [6.45, 7) is 5.91. The van der Waals surface area contributed by atoms with Gasteiger partial charge < -0.3 is 9.84 Å². The van der Waals surface area contributed by atoms with Crippen molar-refractivity contribution < 1.29 is 9.84 Å². The van der Waals surface area contributed by atoms with Gasteiger partial charge in [-0.2, -0.15) is 0 Å². The molecule has 1 unspecified atom stereocenters. The molecule has 0 spiro atoms. The van der Waals surface area contributed by atoms with Crippen LogP contribution in [0.2, 0.25) is 0 Å². The second kappa shape index (κ2) is 14.9. The molecule has 0 heterocycles. The van der Waals surface area contributed by atoms with Gasteiger partial charge in [-0.1, -0.05) is 58.8 Å². The zero-order chi connectivity index (χ0) is 13.5. The molecule has 2 N–H and O–H groups in total. The fourth-order valence-corrected chi connectivity index (χ4v) is 1.92. The highest BCUT2D eigenvalue weighted by molar-refractivity contribution is 4.59. The fraction of sp³-hybridized carbons (Fsp3) is 1.00. The maximum Gasteiger partial charge on any atom is 0.0968 e. The highest BCUT2D eigenvalue weighted by Crippen LogP contribution is 2.08. The zero-order valence-electron chi connectivity index (χ0n) is 12.4. The standard InChI is InChI=1S/C15H33NO2/c1-3-5-6-7-8-9-10-11-12-18-14-16-15(4-2)13-17/h15-17H,3-14H2,1-2H3. The van der Waals surface area contributed by atoms with E-state index in [0.717, 1.165) is 19.4 Å². The van der Waals surface area contributed by atoms with Crippen LogP contribution in [0.15, 0.2) is 0 Å². The predicted molar refractivity (Wildman–Crippen MR) is 77.7 cm³/mol. The molecular formula is C15H33NO2. The number of unbranched alkanes of at least 4 members (excludes halogenated alkanes) is 7. The summed E-state index contributed by atoms with van der Waals surface area (Å²) in [6.07, 6.45) is 11.6. The van der Waals surface area contributed by atoms with Crippen molar-refractivity contribution in [2.45, 2.75) is 77.7 Å². The van der Waals surface area contributed by atoms with Crippen LogP contribution in [0, 0.1) is 0 Å². The van der Waals surface area contributed by atoms with Crippen molar-refractivity contribution in [2.75, 3.05) is 19.9 Å². The highest BCUT2D eigenvalue weighted by atomic mass is 16.5. The van der Waals surface area contributed by atoms with Crippen LogP contribution in [0.4, 0.5) is 0 Å². The molecular weight excluding hydrogens is 226 g/mol. The molecule has 0 rings (SSSR count). The number of hydrogen-bond donors (Lipinski definition) is 2. The van der Waals surface area contributed by atoms with Gasteiger partial charge in [0.05, 0.1) is 13.3 Å². The maximum absolute atomic E-state index is 8.97. The van der Waals surface area contributed by atoms with Gasteiger partial charge in [0.25, 0.3) is 0 Å². The molecule has 18 heavy (non-hydrogen) atoms. The van der Waals surface area contributed by atoms with Crippen LogP contribution < -0.4 is 5.32 Å². The summed E-state index contributed by atoms with van der Waals surface area (Å²) in [6, 6.07) is 0.184. The smallest absolute Gasteiger partial charge is 0.0968 e. The van der Waals surface area contributed by atoms with E-state index in [0.29, 0.717) is 6.73 Å². The van der Waals surface area contributed by atoms with Crippen LogP contribution in [-0.2, 0) is 4.74 Å². The lowest BCUT2D eigenvalue weighted by Crippen LogP contribution is -2.33. The molecule has 110 valence electrons. The number of nitrogens with one attached hydrogen (secondary N) is 1. The van der Waals surface area contributed by atoms with Gasteiger partial charge in [-0.05, 0) is 12.8 Å². The molecule has 3 heteroatoms. The third-order valence-electron chi connectivity index (χ3n) is 3.33. The Kier molecular flexibility index (Phi) is 14.8. The minimum atomic E-state index is 0.184. The topological polar surface area (TPSA) is 41.5 Å². The van der Waals surface area contributed by atoms with Crippen molar-refractivity contribution in [3.05, 3.63) is 0 Å². The molecule has 0 amide bonds. The van der Waals surface area contributed by atoms with Crippen molar-refractivity contribution >= 4 is 0 Å². The first-order valence-corrected chi connectivity index (χ1v) is 7.77. The molecule has 0 saturated heterocycles. The summed E-state index contributed by atoms with van der Waals surface area (Å²) in [5.74, 6) is 0. The van der Waals surface area contributed by atoms with Crippen LogP contribution in [0.25, 0.3) is 0 Å². The Labute approximate surface area is 113 Å². The van der Waals surface area contributed by atoms with Crippen LogP contribution in [0.1, 0.15) is 71.6 Å². The molecule has 0 aromatic rings. The monoisotopic (exact) mass is 259 g/mol. The first-order valence-electron chi connectivity index (χ1n) is 7.77. The third kappa shape index (κ3) is 12.3. The van der Waals surface area contributed by atoms with Crippen LogP contribution in [-0.4, -0.2) is 31.1 Å². The van der Waals surface area contributed by atoms with Crippen molar-refractivity contribution in [1.82, 2.24) is 5.32 Å². The average Bonchev–Trinajstić information content (AvgIpc) is 2.40. The van der Waals surface area contributed by atoms with E-state index in [9.17, 15) is 0 Å². The minimum Gasteiger partial charge on any atom is -0.395 e. The Bertz CT molecular complexity index is 149. The highest BCUT2D eigenvalue weighted by Gasteiger charge is 2.01. The number of hydrogen-bond acceptors (Lipinski definition) is 3. The Balaban J connectivity index is 3.03. The quantitative estimate of drug-likeness (QED) is 0.371. The van der Waals surface area contributed by atoms with E-state index in [1.54, 1.807) is 0 Å². The Morgan fingerprint density at radius 1 is 0.944 bits per heavy atom. The number of ether oxygens (including phenoxy) is 1. The van der Waals surface area contributed by atoms with Crippen LogP contribution in [0.3, 0.4) is 0 Å². The summed E-state index contributed by atoms with van der Waals surface area (Å²) in [7, 11) is 0. The van der Waals surface area contributed by atoms with E-state index in [1.165, 1.54) is 44.9 Å². The second-order valence-corrected chi connectivity index (χ2v) is 5.02. The van der Waals surface area contributed by atoms with Gasteiger partial charge in [0.1, 0.15) is 0 Å². The number of aliphatic hydroxyl groups is 1. The van der Waals surface area contributed by atoms with E-state index >= 15 is 0 Å². The third-order valence-corrected chi connectivity index (χ3v) is 3.33. The molecule has 0 radical (unpaired) electrons. The van der Waals surface area contributed by atoms with Crippen molar-refractivity contribution in [3.8, 4) is 0 Å². The Morgan fingerprint density at radius 3 is 2.11 bits per heavy atom. The summed E-state index contributed by atoms with van der Waals surface area (Å²) >= 11 is 0. The number of aliphatic hydroxyl groups excluding tert-OH is 1. The van der Waals surface area contributed by atoms with E-state index in [2.05, 4.69) is 19.2 Å². The van der Waals surface area contributed by atoms with Gasteiger partial charge in [-0.15, -0.1) is 0 Å². The molecule has 0 aliphatic carbocycles. The van der Waals surface area contributed by atoms with Gasteiger partial charge in [0.15, 0.2) is 0 Å². The molecule has 1 atom stereocenters. The SMILES string of the molecule is CCCCCCCCCCOCNC(CC)CO. The molecule has 0 fully saturated rings. The molecule has 0 saturated carbocycles. The lowest BCUT2D eigenvalue weighted by molar-refractivity contribution is 0.0939. The van der Waals surface area contributed by atoms with Gasteiger partial charge in [0, 0.05) is 12.6 Å². The summed E-state index contributed by atoms with van der Waals surface area (Å²) in [5.41, 5.74) is 0. The van der Waals surface area contributed by atoms with Gasteiger partial charge >= 0.3 is 0 Å². The first-order chi connectivity index (χ1) is 8.85. The van der Waals surface area contributed by atoms with Gasteiger partial charge in [0.2, 0.25) is 0 Å².